The van der Waals surface area contributed by atoms with Crippen molar-refractivity contribution < 1.29 is 13.2 Å². The van der Waals surface area contributed by atoms with E-state index < -0.39 is 10.0 Å². The molecule has 0 bridgehead atoms. The minimum Gasteiger partial charge on any atom is -0.352 e. The van der Waals surface area contributed by atoms with Crippen LogP contribution in [0.2, 0.25) is 5.02 Å². The maximum absolute atomic E-state index is 12.9. The third-order valence-corrected chi connectivity index (χ3v) is 7.54. The van der Waals surface area contributed by atoms with Gasteiger partial charge in [0.05, 0.1) is 17.1 Å². The summed E-state index contributed by atoms with van der Waals surface area (Å²) in [5.74, 6) is -0.504. The van der Waals surface area contributed by atoms with Crippen molar-refractivity contribution >= 4 is 27.5 Å². The van der Waals surface area contributed by atoms with E-state index in [0.29, 0.717) is 31.0 Å². The summed E-state index contributed by atoms with van der Waals surface area (Å²) in [5, 5.41) is 3.42. The summed E-state index contributed by atoms with van der Waals surface area (Å²) in [7, 11) is -3.65. The Labute approximate surface area is 186 Å². The van der Waals surface area contributed by atoms with E-state index in [1.165, 1.54) is 16.4 Å². The highest BCUT2D eigenvalue weighted by Crippen LogP contribution is 2.25. The average Bonchev–Trinajstić information content (AvgIpc) is 3.33. The number of rotatable bonds is 6. The summed E-state index contributed by atoms with van der Waals surface area (Å²) < 4.78 is 29.1. The minimum atomic E-state index is -3.65. The van der Waals surface area contributed by atoms with Gasteiger partial charge in [-0.2, -0.15) is 4.31 Å². The highest BCUT2D eigenvalue weighted by atomic mass is 35.5. The Bertz CT molecular complexity index is 1130. The van der Waals surface area contributed by atoms with Crippen LogP contribution in [-0.2, 0) is 21.4 Å². The van der Waals surface area contributed by atoms with Crippen molar-refractivity contribution in [3.8, 4) is 5.69 Å². The van der Waals surface area contributed by atoms with Crippen LogP contribution in [0.5, 0.6) is 0 Å². The average molecular weight is 459 g/mol. The summed E-state index contributed by atoms with van der Waals surface area (Å²) in [4.78, 5) is 16.9. The van der Waals surface area contributed by atoms with Gasteiger partial charge in [-0.1, -0.05) is 23.7 Å². The fourth-order valence-electron chi connectivity index (χ4n) is 3.66. The van der Waals surface area contributed by atoms with Crippen LogP contribution >= 0.6 is 11.6 Å². The SMILES string of the molecule is O=C(NCc1ccc(-n2ccnc2)cc1)[C@H]1CCCN(S(=O)(=O)c2ccc(Cl)cc2)C1. The number of imidazole rings is 1. The van der Waals surface area contributed by atoms with Crippen LogP contribution in [0.1, 0.15) is 18.4 Å². The molecule has 1 aliphatic heterocycles. The first-order valence-corrected chi connectivity index (χ1v) is 11.9. The van der Waals surface area contributed by atoms with Crippen LogP contribution in [0.3, 0.4) is 0 Å². The Balaban J connectivity index is 1.36. The van der Waals surface area contributed by atoms with Crippen LogP contribution in [0.4, 0.5) is 0 Å². The summed E-state index contributed by atoms with van der Waals surface area (Å²) in [6, 6.07) is 13.9. The Morgan fingerprint density at radius 3 is 2.55 bits per heavy atom. The van der Waals surface area contributed by atoms with E-state index in [2.05, 4.69) is 10.3 Å². The highest BCUT2D eigenvalue weighted by Gasteiger charge is 2.33. The minimum absolute atomic E-state index is 0.130. The maximum atomic E-state index is 12.9. The first kappa shape index (κ1) is 21.5. The first-order chi connectivity index (χ1) is 14.9. The van der Waals surface area contributed by atoms with Gasteiger partial charge in [0.25, 0.3) is 0 Å². The Morgan fingerprint density at radius 2 is 1.87 bits per heavy atom. The second kappa shape index (κ2) is 9.21. The van der Waals surface area contributed by atoms with Gasteiger partial charge in [-0.05, 0) is 54.8 Å². The normalized spacial score (nSPS) is 17.4. The third-order valence-electron chi connectivity index (χ3n) is 5.41. The molecule has 2 heterocycles. The summed E-state index contributed by atoms with van der Waals surface area (Å²) in [6.07, 6.45) is 6.62. The molecule has 4 rings (SSSR count). The molecule has 0 spiro atoms. The van der Waals surface area contributed by atoms with Crippen molar-refractivity contribution in [3.05, 3.63) is 77.8 Å². The van der Waals surface area contributed by atoms with Gasteiger partial charge in [-0.3, -0.25) is 4.79 Å². The smallest absolute Gasteiger partial charge is 0.243 e. The van der Waals surface area contributed by atoms with Crippen molar-refractivity contribution in [3.63, 3.8) is 0 Å². The van der Waals surface area contributed by atoms with Crippen LogP contribution in [0.25, 0.3) is 5.69 Å². The van der Waals surface area contributed by atoms with Crippen molar-refractivity contribution in [1.29, 1.82) is 0 Å². The van der Waals surface area contributed by atoms with Crippen molar-refractivity contribution in [2.75, 3.05) is 13.1 Å². The monoisotopic (exact) mass is 458 g/mol. The third kappa shape index (κ3) is 4.98. The van der Waals surface area contributed by atoms with Gasteiger partial charge < -0.3 is 9.88 Å². The molecular formula is C22H23ClN4O3S. The molecule has 1 N–H and O–H groups in total. The molecule has 2 aromatic carbocycles. The van der Waals surface area contributed by atoms with E-state index in [9.17, 15) is 13.2 Å². The summed E-state index contributed by atoms with van der Waals surface area (Å²) >= 11 is 5.87. The van der Waals surface area contributed by atoms with Gasteiger partial charge in [0.1, 0.15) is 0 Å². The molecule has 1 atom stereocenters. The number of piperidine rings is 1. The van der Waals surface area contributed by atoms with Gasteiger partial charge in [-0.15, -0.1) is 0 Å². The second-order valence-corrected chi connectivity index (χ2v) is 9.88. The molecule has 0 aliphatic carbocycles. The predicted molar refractivity (Wildman–Crippen MR) is 118 cm³/mol. The predicted octanol–water partition coefficient (Wildman–Crippen LogP) is 3.24. The van der Waals surface area contributed by atoms with E-state index >= 15 is 0 Å². The molecule has 1 aromatic heterocycles. The quantitative estimate of drug-likeness (QED) is 0.614. The number of halogens is 1. The van der Waals surface area contributed by atoms with Gasteiger partial charge >= 0.3 is 0 Å². The molecule has 162 valence electrons. The number of hydrogen-bond donors (Lipinski definition) is 1. The summed E-state index contributed by atoms with van der Waals surface area (Å²) in [6.45, 7) is 0.976. The molecule has 0 unspecified atom stereocenters. The van der Waals surface area contributed by atoms with E-state index in [0.717, 1.165) is 11.3 Å². The highest BCUT2D eigenvalue weighted by molar-refractivity contribution is 7.89. The molecule has 3 aromatic rings. The Hall–Kier alpha value is -2.68. The molecule has 1 fully saturated rings. The molecule has 9 heteroatoms. The van der Waals surface area contributed by atoms with Crippen LogP contribution in [-0.4, -0.2) is 41.3 Å². The zero-order valence-electron chi connectivity index (χ0n) is 16.8. The lowest BCUT2D eigenvalue weighted by Gasteiger charge is -2.31. The van der Waals surface area contributed by atoms with Crippen LogP contribution in [0.15, 0.2) is 72.1 Å². The molecule has 1 saturated heterocycles. The van der Waals surface area contributed by atoms with E-state index in [1.54, 1.807) is 24.7 Å². The first-order valence-electron chi connectivity index (χ1n) is 10.0. The zero-order chi connectivity index (χ0) is 21.8. The van der Waals surface area contributed by atoms with Gasteiger partial charge in [0.15, 0.2) is 0 Å². The number of amides is 1. The number of benzene rings is 2. The topological polar surface area (TPSA) is 84.3 Å². The van der Waals surface area contributed by atoms with Crippen LogP contribution in [0, 0.1) is 5.92 Å². The molecule has 7 nitrogen and oxygen atoms in total. The van der Waals surface area contributed by atoms with E-state index in [4.69, 9.17) is 11.6 Å². The largest absolute Gasteiger partial charge is 0.352 e. The van der Waals surface area contributed by atoms with Crippen molar-refractivity contribution in [2.24, 2.45) is 5.92 Å². The number of hydrogen-bond acceptors (Lipinski definition) is 4. The second-order valence-electron chi connectivity index (χ2n) is 7.51. The number of aromatic nitrogens is 2. The number of carbonyl (C=O) groups excluding carboxylic acids is 1. The lowest BCUT2D eigenvalue weighted by atomic mass is 9.99. The molecule has 0 radical (unpaired) electrons. The van der Waals surface area contributed by atoms with E-state index in [1.807, 2.05) is 35.0 Å². The fraction of sp³-hybridized carbons (Fsp3) is 0.273. The van der Waals surface area contributed by atoms with Gasteiger partial charge in [0.2, 0.25) is 15.9 Å². The molecule has 0 saturated carbocycles. The fourth-order valence-corrected chi connectivity index (χ4v) is 5.31. The Kier molecular flexibility index (Phi) is 6.41. The number of sulfonamides is 1. The number of nitrogens with zero attached hydrogens (tertiary/aromatic N) is 3. The van der Waals surface area contributed by atoms with Crippen LogP contribution < -0.4 is 5.32 Å². The Morgan fingerprint density at radius 1 is 1.13 bits per heavy atom. The molecule has 1 aliphatic rings. The van der Waals surface area contributed by atoms with E-state index in [-0.39, 0.29) is 23.3 Å². The lowest BCUT2D eigenvalue weighted by Crippen LogP contribution is -2.45. The zero-order valence-corrected chi connectivity index (χ0v) is 18.4. The number of nitrogens with one attached hydrogen (secondary N) is 1. The molecule has 1 amide bonds. The number of carbonyl (C=O) groups is 1. The van der Waals surface area contributed by atoms with Crippen molar-refractivity contribution in [2.45, 2.75) is 24.3 Å². The lowest BCUT2D eigenvalue weighted by molar-refractivity contribution is -0.126. The van der Waals surface area contributed by atoms with Crippen molar-refractivity contribution in [1.82, 2.24) is 19.2 Å². The molecular weight excluding hydrogens is 436 g/mol. The maximum Gasteiger partial charge on any atom is 0.243 e. The summed E-state index contributed by atoms with van der Waals surface area (Å²) in [5.41, 5.74) is 1.96. The van der Waals surface area contributed by atoms with Gasteiger partial charge in [0, 0.05) is 42.7 Å². The standard InChI is InChI=1S/C22H23ClN4O3S/c23-19-5-9-21(10-6-19)31(29,30)27-12-1-2-18(15-27)22(28)25-14-17-3-7-20(8-4-17)26-13-11-24-16-26/h3-11,13,16,18H,1-2,12,14-15H2,(H,25,28)/t18-/m0/s1. The van der Waals surface area contributed by atoms with Gasteiger partial charge in [-0.25, -0.2) is 13.4 Å². The molecule has 31 heavy (non-hydrogen) atoms.